The Morgan fingerprint density at radius 3 is 2.71 bits per heavy atom. The van der Waals surface area contributed by atoms with Gasteiger partial charge in [0.15, 0.2) is 0 Å². The van der Waals surface area contributed by atoms with Crippen LogP contribution in [0.3, 0.4) is 0 Å². The number of carbonyl (C=O) groups is 2. The zero-order chi connectivity index (χ0) is 12.7. The highest BCUT2D eigenvalue weighted by Gasteiger charge is 2.31. The van der Waals surface area contributed by atoms with E-state index >= 15 is 0 Å². The van der Waals surface area contributed by atoms with Crippen LogP contribution in [0.4, 0.5) is 4.79 Å². The largest absolute Gasteiger partial charge is 0.481 e. The number of amides is 2. The molecule has 0 aromatic heterocycles. The van der Waals surface area contributed by atoms with Crippen LogP contribution < -0.4 is 10.6 Å². The van der Waals surface area contributed by atoms with E-state index in [1.54, 1.807) is 11.8 Å². The molecule has 1 aliphatic carbocycles. The predicted molar refractivity (Wildman–Crippen MR) is 68.3 cm³/mol. The summed E-state index contributed by atoms with van der Waals surface area (Å²) in [7, 11) is 0. The Kier molecular flexibility index (Phi) is 6.18. The van der Waals surface area contributed by atoms with Crippen LogP contribution in [0.5, 0.6) is 0 Å². The fourth-order valence-electron chi connectivity index (χ4n) is 2.09. The molecule has 0 radical (unpaired) electrons. The summed E-state index contributed by atoms with van der Waals surface area (Å²) < 4.78 is 0. The second-order valence-corrected chi connectivity index (χ2v) is 5.21. The highest BCUT2D eigenvalue weighted by atomic mass is 32.2. The molecule has 3 N–H and O–H groups in total. The van der Waals surface area contributed by atoms with Crippen LogP contribution in [-0.2, 0) is 4.79 Å². The lowest BCUT2D eigenvalue weighted by Crippen LogP contribution is -2.49. The summed E-state index contributed by atoms with van der Waals surface area (Å²) in [6.45, 7) is 0.609. The minimum Gasteiger partial charge on any atom is -0.481 e. The molecule has 2 unspecified atom stereocenters. The van der Waals surface area contributed by atoms with E-state index in [0.717, 1.165) is 25.0 Å². The summed E-state index contributed by atoms with van der Waals surface area (Å²) >= 11 is 1.66. The van der Waals surface area contributed by atoms with Crippen LogP contribution >= 0.6 is 11.8 Å². The van der Waals surface area contributed by atoms with Crippen molar-refractivity contribution in [2.75, 3.05) is 18.6 Å². The van der Waals surface area contributed by atoms with E-state index in [0.29, 0.717) is 13.0 Å². The Morgan fingerprint density at radius 1 is 1.35 bits per heavy atom. The first-order chi connectivity index (χ1) is 8.15. The van der Waals surface area contributed by atoms with Gasteiger partial charge >= 0.3 is 12.0 Å². The molecule has 0 aromatic carbocycles. The van der Waals surface area contributed by atoms with E-state index in [2.05, 4.69) is 10.6 Å². The minimum atomic E-state index is -0.806. The van der Waals surface area contributed by atoms with Crippen molar-refractivity contribution in [1.82, 2.24) is 10.6 Å². The van der Waals surface area contributed by atoms with Crippen molar-refractivity contribution in [3.8, 4) is 0 Å². The summed E-state index contributed by atoms with van der Waals surface area (Å²) in [6, 6.07) is -0.479. The Bertz CT molecular complexity index is 273. The molecule has 98 valence electrons. The third-order valence-corrected chi connectivity index (χ3v) is 3.60. The van der Waals surface area contributed by atoms with Gasteiger partial charge in [-0.1, -0.05) is 12.8 Å². The molecule has 17 heavy (non-hydrogen) atoms. The first kappa shape index (κ1) is 14.2. The van der Waals surface area contributed by atoms with Crippen LogP contribution in [0.2, 0.25) is 0 Å². The van der Waals surface area contributed by atoms with E-state index in [9.17, 15) is 9.59 Å². The molecule has 6 heteroatoms. The van der Waals surface area contributed by atoms with Gasteiger partial charge in [0.1, 0.15) is 0 Å². The standard InChI is InChI=1S/C11H20N2O3S/c1-17-7-6-12-11(16)13-9-5-3-2-4-8(9)10(14)15/h8-9H,2-7H2,1H3,(H,14,15)(H2,12,13,16). The number of hydrogen-bond acceptors (Lipinski definition) is 3. The molecule has 1 aliphatic rings. The second-order valence-electron chi connectivity index (χ2n) is 4.23. The summed E-state index contributed by atoms with van der Waals surface area (Å²) in [5.41, 5.74) is 0. The number of rotatable bonds is 5. The van der Waals surface area contributed by atoms with Crippen LogP contribution in [0.15, 0.2) is 0 Å². The van der Waals surface area contributed by atoms with E-state index in [1.807, 2.05) is 6.26 Å². The zero-order valence-electron chi connectivity index (χ0n) is 10.1. The molecule has 1 saturated carbocycles. The molecule has 0 spiro atoms. The molecule has 0 saturated heterocycles. The molecule has 1 fully saturated rings. The maximum Gasteiger partial charge on any atom is 0.315 e. The Balaban J connectivity index is 2.36. The quantitative estimate of drug-likeness (QED) is 0.651. The third-order valence-electron chi connectivity index (χ3n) is 2.99. The minimum absolute atomic E-state index is 0.226. The highest BCUT2D eigenvalue weighted by Crippen LogP contribution is 2.24. The lowest BCUT2D eigenvalue weighted by Gasteiger charge is -2.29. The van der Waals surface area contributed by atoms with Gasteiger partial charge in [0.25, 0.3) is 0 Å². The number of carboxylic acids is 1. The zero-order valence-corrected chi connectivity index (χ0v) is 10.9. The molecule has 1 rings (SSSR count). The van der Waals surface area contributed by atoms with Gasteiger partial charge in [-0.25, -0.2) is 4.79 Å². The van der Waals surface area contributed by atoms with Gasteiger partial charge < -0.3 is 15.7 Å². The maximum atomic E-state index is 11.5. The molecule has 2 amide bonds. The number of nitrogens with one attached hydrogen (secondary N) is 2. The number of hydrogen-bond donors (Lipinski definition) is 3. The lowest BCUT2D eigenvalue weighted by molar-refractivity contribution is -0.143. The van der Waals surface area contributed by atoms with Gasteiger partial charge in [-0.05, 0) is 19.1 Å². The van der Waals surface area contributed by atoms with E-state index < -0.39 is 11.9 Å². The number of carbonyl (C=O) groups excluding carboxylic acids is 1. The van der Waals surface area contributed by atoms with Crippen LogP contribution in [0, 0.1) is 5.92 Å². The van der Waals surface area contributed by atoms with Gasteiger partial charge in [0.2, 0.25) is 0 Å². The fraction of sp³-hybridized carbons (Fsp3) is 0.818. The maximum absolute atomic E-state index is 11.5. The Morgan fingerprint density at radius 2 is 2.06 bits per heavy atom. The Labute approximate surface area is 106 Å². The smallest absolute Gasteiger partial charge is 0.315 e. The molecule has 0 aliphatic heterocycles. The van der Waals surface area contributed by atoms with E-state index in [4.69, 9.17) is 5.11 Å². The molecule has 0 aromatic rings. The lowest BCUT2D eigenvalue weighted by atomic mass is 9.84. The average Bonchev–Trinajstić information content (AvgIpc) is 2.29. The highest BCUT2D eigenvalue weighted by molar-refractivity contribution is 7.98. The van der Waals surface area contributed by atoms with Crippen molar-refractivity contribution in [3.63, 3.8) is 0 Å². The van der Waals surface area contributed by atoms with Crippen molar-refractivity contribution in [3.05, 3.63) is 0 Å². The first-order valence-corrected chi connectivity index (χ1v) is 7.30. The van der Waals surface area contributed by atoms with Gasteiger partial charge in [-0.15, -0.1) is 0 Å². The van der Waals surface area contributed by atoms with Crippen molar-refractivity contribution < 1.29 is 14.7 Å². The molecular formula is C11H20N2O3S. The van der Waals surface area contributed by atoms with Crippen LogP contribution in [-0.4, -0.2) is 41.7 Å². The molecule has 0 bridgehead atoms. The fourth-order valence-corrected chi connectivity index (χ4v) is 2.39. The number of aliphatic carboxylic acids is 1. The monoisotopic (exact) mass is 260 g/mol. The Hall–Kier alpha value is -0.910. The average molecular weight is 260 g/mol. The predicted octanol–water partition coefficient (Wildman–Crippen LogP) is 1.29. The second kappa shape index (κ2) is 7.42. The number of thioether (sulfide) groups is 1. The third kappa shape index (κ3) is 4.85. The van der Waals surface area contributed by atoms with Gasteiger partial charge in [-0.3, -0.25) is 4.79 Å². The van der Waals surface area contributed by atoms with Crippen molar-refractivity contribution in [2.24, 2.45) is 5.92 Å². The van der Waals surface area contributed by atoms with Crippen molar-refractivity contribution >= 4 is 23.8 Å². The van der Waals surface area contributed by atoms with Gasteiger partial charge in [0, 0.05) is 18.3 Å². The van der Waals surface area contributed by atoms with Gasteiger partial charge in [-0.2, -0.15) is 11.8 Å². The van der Waals surface area contributed by atoms with Crippen LogP contribution in [0.1, 0.15) is 25.7 Å². The molecule has 0 heterocycles. The number of carboxylic acid groups (broad SMARTS) is 1. The van der Waals surface area contributed by atoms with Crippen molar-refractivity contribution in [2.45, 2.75) is 31.7 Å². The topological polar surface area (TPSA) is 78.4 Å². The molecule has 2 atom stereocenters. The van der Waals surface area contributed by atoms with E-state index in [-0.39, 0.29) is 12.1 Å². The summed E-state index contributed by atoms with van der Waals surface area (Å²) in [4.78, 5) is 22.6. The summed E-state index contributed by atoms with van der Waals surface area (Å²) in [5.74, 6) is -0.380. The summed E-state index contributed by atoms with van der Waals surface area (Å²) in [5, 5.41) is 14.6. The SMILES string of the molecule is CSCCNC(=O)NC1CCCCC1C(=O)O. The van der Waals surface area contributed by atoms with Gasteiger partial charge in [0.05, 0.1) is 5.92 Å². The normalized spacial score (nSPS) is 24.1. The summed E-state index contributed by atoms with van der Waals surface area (Å²) in [6.07, 6.45) is 5.31. The molecular weight excluding hydrogens is 240 g/mol. The van der Waals surface area contributed by atoms with E-state index in [1.165, 1.54) is 0 Å². The molecule has 5 nitrogen and oxygen atoms in total. The first-order valence-electron chi connectivity index (χ1n) is 5.91. The van der Waals surface area contributed by atoms with Crippen LogP contribution in [0.25, 0.3) is 0 Å². The van der Waals surface area contributed by atoms with Crippen molar-refractivity contribution in [1.29, 1.82) is 0 Å². The number of urea groups is 1.